The van der Waals surface area contributed by atoms with Crippen LogP contribution in [-0.4, -0.2) is 58.6 Å². The largest absolute Gasteiger partial charge is 0.357 e. The van der Waals surface area contributed by atoms with E-state index in [1.165, 1.54) is 9.80 Å². The van der Waals surface area contributed by atoms with Gasteiger partial charge in [-0.1, -0.05) is 22.5 Å². The molecule has 2 spiro atoms. The first-order valence-electron chi connectivity index (χ1n) is 7.88. The molecular weight excluding hydrogens is 312 g/mol. The molecule has 8 nitrogen and oxygen atoms in total. The number of oxime groups is 2. The van der Waals surface area contributed by atoms with Gasteiger partial charge in [-0.3, -0.25) is 19.4 Å². The predicted molar refractivity (Wildman–Crippen MR) is 86.9 cm³/mol. The Labute approximate surface area is 140 Å². The van der Waals surface area contributed by atoms with Crippen molar-refractivity contribution in [2.45, 2.75) is 37.1 Å². The molecule has 2 unspecified atom stereocenters. The first-order valence-corrected chi connectivity index (χ1v) is 7.88. The van der Waals surface area contributed by atoms with Crippen LogP contribution in [0.4, 0.5) is 0 Å². The summed E-state index contributed by atoms with van der Waals surface area (Å²) in [6.07, 6.45) is 7.97. The van der Waals surface area contributed by atoms with Gasteiger partial charge < -0.3 is 9.68 Å². The molecule has 1 saturated heterocycles. The Hall–Kier alpha value is -2.64. The molecule has 2 atom stereocenters. The molecule has 2 amide bonds. The number of amides is 2. The summed E-state index contributed by atoms with van der Waals surface area (Å²) < 4.78 is 0. The Morgan fingerprint density at radius 2 is 1.38 bits per heavy atom. The fourth-order valence-electron chi connectivity index (χ4n) is 3.33. The predicted octanol–water partition coefficient (Wildman–Crippen LogP) is 1.01. The third-order valence-corrected chi connectivity index (χ3v) is 4.44. The number of nitrogens with zero attached hydrogens (tertiary/aromatic N) is 4. The second kappa shape index (κ2) is 6.10. The normalized spacial score (nSPS) is 32.0. The van der Waals surface area contributed by atoms with Crippen LogP contribution >= 0.6 is 0 Å². The van der Waals surface area contributed by atoms with E-state index in [0.717, 1.165) is 0 Å². The second-order valence-corrected chi connectivity index (χ2v) is 5.81. The first kappa shape index (κ1) is 16.2. The maximum absolute atomic E-state index is 13.3. The lowest BCUT2D eigenvalue weighted by atomic mass is 9.91. The summed E-state index contributed by atoms with van der Waals surface area (Å²) >= 11 is 0. The third kappa shape index (κ3) is 2.13. The Morgan fingerprint density at radius 1 is 0.958 bits per heavy atom. The Bertz CT molecular complexity index is 578. The minimum atomic E-state index is -1.47. The molecule has 0 aromatic heterocycles. The van der Waals surface area contributed by atoms with Gasteiger partial charge in [0.25, 0.3) is 23.3 Å². The van der Waals surface area contributed by atoms with Crippen LogP contribution in [0.3, 0.4) is 0 Å². The number of hydrogen-bond donors (Lipinski definition) is 0. The minimum Gasteiger partial charge on any atom is -0.357 e. The van der Waals surface area contributed by atoms with Crippen LogP contribution in [0.5, 0.6) is 0 Å². The fraction of sp³-hybridized carbons (Fsp3) is 0.500. The fourth-order valence-corrected chi connectivity index (χ4v) is 3.33. The highest BCUT2D eigenvalue weighted by atomic mass is 16.7. The highest BCUT2D eigenvalue weighted by Gasteiger charge is 2.66. The smallest absolute Gasteiger partial charge is 0.295 e. The number of hydrogen-bond acceptors (Lipinski definition) is 6. The van der Waals surface area contributed by atoms with Gasteiger partial charge in [0.15, 0.2) is 0 Å². The van der Waals surface area contributed by atoms with Gasteiger partial charge in [-0.15, -0.1) is 13.2 Å². The van der Waals surface area contributed by atoms with Gasteiger partial charge >= 0.3 is 0 Å². The summed E-state index contributed by atoms with van der Waals surface area (Å²) in [5.41, 5.74) is -2.95. The van der Waals surface area contributed by atoms with E-state index in [1.54, 1.807) is 24.6 Å². The van der Waals surface area contributed by atoms with E-state index < -0.39 is 11.4 Å². The van der Waals surface area contributed by atoms with Gasteiger partial charge in [0, 0.05) is 38.4 Å². The standard InChI is InChI=1S/C16H20N4O4/c1-3-11-19-13(21)16(8-6-10-18-24-16)20(12-4-2)14(22)15(19)7-5-9-17-23-15/h3-4,9-10H,1-2,5-8,11-12H2. The quantitative estimate of drug-likeness (QED) is 0.719. The molecule has 0 aliphatic carbocycles. The van der Waals surface area contributed by atoms with Crippen LogP contribution in [0, 0.1) is 0 Å². The third-order valence-electron chi connectivity index (χ3n) is 4.44. The molecule has 3 rings (SSSR count). The molecule has 0 aromatic carbocycles. The molecule has 0 bridgehead atoms. The van der Waals surface area contributed by atoms with Gasteiger partial charge in [-0.05, 0) is 12.8 Å². The summed E-state index contributed by atoms with van der Waals surface area (Å²) in [4.78, 5) is 40.3. The van der Waals surface area contributed by atoms with Gasteiger partial charge in [-0.2, -0.15) is 0 Å². The number of carbonyl (C=O) groups is 2. The van der Waals surface area contributed by atoms with Crippen LogP contribution in [-0.2, 0) is 19.3 Å². The number of carbonyl (C=O) groups excluding carboxylic acids is 2. The summed E-state index contributed by atoms with van der Waals surface area (Å²) in [6, 6.07) is 0. The molecule has 1 fully saturated rings. The van der Waals surface area contributed by atoms with Crippen LogP contribution in [0.2, 0.25) is 0 Å². The van der Waals surface area contributed by atoms with Crippen molar-refractivity contribution in [2.24, 2.45) is 10.3 Å². The zero-order valence-electron chi connectivity index (χ0n) is 13.4. The van der Waals surface area contributed by atoms with E-state index in [9.17, 15) is 9.59 Å². The Kier molecular flexibility index (Phi) is 4.13. The highest BCUT2D eigenvalue weighted by molar-refractivity contribution is 6.01. The summed E-state index contributed by atoms with van der Waals surface area (Å²) in [5, 5.41) is 7.61. The molecular formula is C16H20N4O4. The van der Waals surface area contributed by atoms with Gasteiger partial charge in [-0.25, -0.2) is 0 Å². The van der Waals surface area contributed by atoms with Gasteiger partial charge in [0.1, 0.15) is 0 Å². The van der Waals surface area contributed by atoms with Crippen molar-refractivity contribution < 1.29 is 19.3 Å². The lowest BCUT2D eigenvalue weighted by molar-refractivity contribution is -0.254. The molecule has 0 N–H and O–H groups in total. The molecule has 3 aliphatic heterocycles. The van der Waals surface area contributed by atoms with Crippen molar-refractivity contribution >= 4 is 24.2 Å². The second-order valence-electron chi connectivity index (χ2n) is 5.81. The van der Waals surface area contributed by atoms with Crippen molar-refractivity contribution in [1.82, 2.24) is 9.80 Å². The lowest BCUT2D eigenvalue weighted by Crippen LogP contribution is -2.78. The van der Waals surface area contributed by atoms with Crippen molar-refractivity contribution in [3.8, 4) is 0 Å². The average Bonchev–Trinajstić information content (AvgIpc) is 2.63. The van der Waals surface area contributed by atoms with E-state index in [-0.39, 0.29) is 24.9 Å². The molecule has 3 aliphatic rings. The van der Waals surface area contributed by atoms with E-state index in [0.29, 0.717) is 25.7 Å². The Balaban J connectivity index is 2.11. The molecule has 0 saturated carbocycles. The summed E-state index contributed by atoms with van der Waals surface area (Å²) in [6.45, 7) is 7.66. The van der Waals surface area contributed by atoms with E-state index in [4.69, 9.17) is 9.68 Å². The van der Waals surface area contributed by atoms with Gasteiger partial charge in [0.05, 0.1) is 0 Å². The minimum absolute atomic E-state index is 0.150. The monoisotopic (exact) mass is 332 g/mol. The van der Waals surface area contributed by atoms with Crippen LogP contribution in [0.1, 0.15) is 25.7 Å². The maximum atomic E-state index is 13.3. The van der Waals surface area contributed by atoms with Crippen LogP contribution in [0.15, 0.2) is 35.6 Å². The zero-order valence-corrected chi connectivity index (χ0v) is 13.4. The van der Waals surface area contributed by atoms with Gasteiger partial charge in [0.2, 0.25) is 0 Å². The zero-order chi connectivity index (χ0) is 17.2. The topological polar surface area (TPSA) is 83.8 Å². The SMILES string of the molecule is C=CCN1C(=O)C2(CCC=NO2)N(CC=C)C(=O)C12CCC=NO2. The molecule has 0 aromatic rings. The number of rotatable bonds is 4. The number of piperazine rings is 1. The molecule has 0 radical (unpaired) electrons. The van der Waals surface area contributed by atoms with Crippen LogP contribution in [0.25, 0.3) is 0 Å². The lowest BCUT2D eigenvalue weighted by Gasteiger charge is -2.54. The summed E-state index contributed by atoms with van der Waals surface area (Å²) in [5.74, 6) is -0.754. The first-order chi connectivity index (χ1) is 11.6. The molecule has 24 heavy (non-hydrogen) atoms. The molecule has 3 heterocycles. The van der Waals surface area contributed by atoms with Crippen molar-refractivity contribution in [3.63, 3.8) is 0 Å². The molecule has 128 valence electrons. The average molecular weight is 332 g/mol. The molecule has 8 heteroatoms. The van der Waals surface area contributed by atoms with E-state index >= 15 is 0 Å². The maximum Gasteiger partial charge on any atom is 0.295 e. The van der Waals surface area contributed by atoms with Crippen LogP contribution < -0.4 is 0 Å². The Morgan fingerprint density at radius 3 is 1.67 bits per heavy atom. The van der Waals surface area contributed by atoms with Crippen molar-refractivity contribution in [2.75, 3.05) is 13.1 Å². The van der Waals surface area contributed by atoms with Crippen molar-refractivity contribution in [3.05, 3.63) is 25.3 Å². The van der Waals surface area contributed by atoms with E-state index in [1.807, 2.05) is 0 Å². The highest BCUT2D eigenvalue weighted by Crippen LogP contribution is 2.41. The summed E-state index contributed by atoms with van der Waals surface area (Å²) in [7, 11) is 0. The van der Waals surface area contributed by atoms with Crippen molar-refractivity contribution in [1.29, 1.82) is 0 Å². The van der Waals surface area contributed by atoms with E-state index in [2.05, 4.69) is 23.5 Å².